The fourth-order valence-corrected chi connectivity index (χ4v) is 10.1. The Morgan fingerprint density at radius 2 is 1.18 bits per heavy atom. The Hall–Kier alpha value is -4.30. The SMILES string of the molecule is C=C1C(=O)O[C@H]2[C@H]1CC/C(CC(CCCCCCCNC(=O)CCC(=O)O)(C/C1=C/CC[C@@]3(C)O[C@H]3[C@H]3OC(=O)C(=C)[C@@H]3CC1)NC(=O)CCC(=O)O)=C\CC[C@@]1(C)O[C@@H]21. The Kier molecular flexibility index (Phi) is 14.5. The quantitative estimate of drug-likeness (QED) is 0.0371. The van der Waals surface area contributed by atoms with Crippen LogP contribution in [-0.4, -0.2) is 93.6 Å². The molecule has 0 unspecified atom stereocenters. The first-order valence-corrected chi connectivity index (χ1v) is 22.0. The third-order valence-electron chi connectivity index (χ3n) is 13.7. The second-order valence-electron chi connectivity index (χ2n) is 18.4. The van der Waals surface area contributed by atoms with Crippen molar-refractivity contribution in [1.29, 1.82) is 0 Å². The zero-order valence-corrected chi connectivity index (χ0v) is 35.4. The van der Waals surface area contributed by atoms with Crippen LogP contribution in [0.5, 0.6) is 0 Å². The number of allylic oxidation sites excluding steroid dienone is 2. The molecule has 0 bridgehead atoms. The summed E-state index contributed by atoms with van der Waals surface area (Å²) < 4.78 is 24.0. The number of carbonyl (C=O) groups is 6. The molecule has 6 aliphatic rings. The molecule has 14 nitrogen and oxygen atoms in total. The highest BCUT2D eigenvalue weighted by atomic mass is 16.7. The minimum absolute atomic E-state index is 0.0481. The van der Waals surface area contributed by atoms with E-state index in [1.165, 1.54) is 0 Å². The molecule has 0 saturated carbocycles. The molecule has 0 radical (unpaired) electrons. The van der Waals surface area contributed by atoms with Gasteiger partial charge >= 0.3 is 23.9 Å². The Bertz CT molecular complexity index is 1700. The van der Waals surface area contributed by atoms with Crippen LogP contribution in [0, 0.1) is 11.8 Å². The van der Waals surface area contributed by atoms with Crippen molar-refractivity contribution in [3.05, 3.63) is 47.6 Å². The van der Waals surface area contributed by atoms with Crippen molar-refractivity contribution in [3.63, 3.8) is 0 Å². The van der Waals surface area contributed by atoms with E-state index in [4.69, 9.17) is 24.1 Å². The molecule has 0 aromatic carbocycles. The van der Waals surface area contributed by atoms with Gasteiger partial charge in [0, 0.05) is 47.9 Å². The molecule has 330 valence electrons. The summed E-state index contributed by atoms with van der Waals surface area (Å²) in [6, 6.07) is 0. The van der Waals surface area contributed by atoms with E-state index in [0.29, 0.717) is 62.6 Å². The van der Waals surface area contributed by atoms with Gasteiger partial charge in [-0.15, -0.1) is 0 Å². The van der Waals surface area contributed by atoms with Gasteiger partial charge in [-0.2, -0.15) is 0 Å². The van der Waals surface area contributed by atoms with Crippen LogP contribution >= 0.6 is 0 Å². The van der Waals surface area contributed by atoms with Gasteiger partial charge in [-0.05, 0) is 90.9 Å². The number of nitrogens with one attached hydrogen (secondary N) is 2. The molecule has 0 spiro atoms. The molecule has 4 aliphatic heterocycles. The molecule has 0 aromatic heterocycles. The number of rotatable bonds is 19. The van der Waals surface area contributed by atoms with Crippen molar-refractivity contribution < 1.29 is 57.9 Å². The number of hydrogen-bond donors (Lipinski definition) is 4. The monoisotopic (exact) mass is 836 g/mol. The molecule has 8 atom stereocenters. The lowest BCUT2D eigenvalue weighted by molar-refractivity contribution is -0.140. The molecule has 2 amide bonds. The first kappa shape index (κ1) is 45.2. The lowest BCUT2D eigenvalue weighted by Crippen LogP contribution is -2.49. The van der Waals surface area contributed by atoms with Gasteiger partial charge < -0.3 is 39.8 Å². The summed E-state index contributed by atoms with van der Waals surface area (Å²) in [7, 11) is 0. The highest BCUT2D eigenvalue weighted by Crippen LogP contribution is 2.52. The van der Waals surface area contributed by atoms with Gasteiger partial charge in [-0.3, -0.25) is 19.2 Å². The predicted molar refractivity (Wildman–Crippen MR) is 219 cm³/mol. The minimum atomic E-state index is -1.05. The predicted octanol–water partition coefficient (Wildman–Crippen LogP) is 6.32. The largest absolute Gasteiger partial charge is 0.481 e. The second-order valence-corrected chi connectivity index (χ2v) is 18.4. The van der Waals surface area contributed by atoms with Crippen molar-refractivity contribution in [1.82, 2.24) is 10.6 Å². The van der Waals surface area contributed by atoms with E-state index in [9.17, 15) is 33.9 Å². The first-order valence-electron chi connectivity index (χ1n) is 22.0. The number of epoxide rings is 2. The van der Waals surface area contributed by atoms with Gasteiger partial charge in [0.2, 0.25) is 11.8 Å². The van der Waals surface area contributed by atoms with E-state index in [-0.39, 0.29) is 85.7 Å². The summed E-state index contributed by atoms with van der Waals surface area (Å²) in [6.45, 7) is 12.8. The summed E-state index contributed by atoms with van der Waals surface area (Å²) in [5.41, 5.74) is 1.61. The second kappa shape index (κ2) is 19.2. The number of carboxylic acid groups (broad SMARTS) is 2. The molecule has 4 heterocycles. The zero-order valence-electron chi connectivity index (χ0n) is 35.4. The van der Waals surface area contributed by atoms with Crippen molar-refractivity contribution in [2.24, 2.45) is 11.8 Å². The van der Waals surface area contributed by atoms with Gasteiger partial charge in [0.25, 0.3) is 0 Å². The van der Waals surface area contributed by atoms with E-state index >= 15 is 0 Å². The van der Waals surface area contributed by atoms with Crippen LogP contribution in [0.1, 0.15) is 142 Å². The molecule has 60 heavy (non-hydrogen) atoms. The summed E-state index contributed by atoms with van der Waals surface area (Å²) in [6.07, 6.45) is 14.1. The maximum atomic E-state index is 13.8. The molecular formula is C46H64N2O12. The number of esters is 2. The highest BCUT2D eigenvalue weighted by Gasteiger charge is 2.62. The molecule has 14 heteroatoms. The standard InChI is InChI=1S/C46H64N2O12/c1-28-32-16-14-30(12-10-22-44(3)40(59-44)38(32)57-42(28)55)26-46(48-35(50)19-21-37(53)54,24-8-6-5-7-9-25-47-34(49)18-20-36(51)52)27-31-13-11-23-45(4)41(60-45)39-33(17-15-31)29(2)43(56)58-39/h12-13,32-33,38-41H,1-2,5-11,14-27H2,3-4H3,(H,47,49)(H,48,50)(H,51,52)(H,53,54)/b30-12+,31-13+/t32-,33-,38-,39-,40-,41-,44+,45+/m0/s1. The summed E-state index contributed by atoms with van der Waals surface area (Å²) in [5, 5.41) is 24.6. The first-order chi connectivity index (χ1) is 28.5. The Labute approximate surface area is 352 Å². The lowest BCUT2D eigenvalue weighted by atomic mass is 9.75. The zero-order chi connectivity index (χ0) is 43.2. The number of hydrogen-bond acceptors (Lipinski definition) is 10. The summed E-state index contributed by atoms with van der Waals surface area (Å²) >= 11 is 0. The Morgan fingerprint density at radius 1 is 0.717 bits per heavy atom. The maximum absolute atomic E-state index is 13.8. The van der Waals surface area contributed by atoms with Gasteiger partial charge in [0.1, 0.15) is 24.4 Å². The number of carboxylic acids is 2. The molecule has 4 N–H and O–H groups in total. The van der Waals surface area contributed by atoms with E-state index < -0.39 is 28.7 Å². The minimum Gasteiger partial charge on any atom is -0.481 e. The topological polar surface area (TPSA) is 210 Å². The smallest absolute Gasteiger partial charge is 0.334 e. The highest BCUT2D eigenvalue weighted by molar-refractivity contribution is 5.91. The van der Waals surface area contributed by atoms with Crippen LogP contribution in [0.3, 0.4) is 0 Å². The van der Waals surface area contributed by atoms with Gasteiger partial charge in [-0.1, -0.05) is 62.1 Å². The number of fused-ring (bicyclic) bond motifs is 6. The molecular weight excluding hydrogens is 773 g/mol. The van der Waals surface area contributed by atoms with Crippen molar-refractivity contribution >= 4 is 35.7 Å². The maximum Gasteiger partial charge on any atom is 0.334 e. The van der Waals surface area contributed by atoms with Gasteiger partial charge in [0.15, 0.2) is 0 Å². The van der Waals surface area contributed by atoms with Crippen LogP contribution < -0.4 is 10.6 Å². The average Bonchev–Trinajstić information content (AvgIpc) is 4.00. The normalized spacial score (nSPS) is 33.7. The molecule has 4 fully saturated rings. The van der Waals surface area contributed by atoms with Crippen LogP contribution in [0.2, 0.25) is 0 Å². The van der Waals surface area contributed by atoms with Gasteiger partial charge in [-0.25, -0.2) is 9.59 Å². The van der Waals surface area contributed by atoms with Crippen LogP contribution in [0.4, 0.5) is 0 Å². The van der Waals surface area contributed by atoms with Crippen LogP contribution in [0.15, 0.2) is 47.6 Å². The molecule has 4 saturated heterocycles. The molecule has 6 rings (SSSR count). The van der Waals surface area contributed by atoms with Crippen molar-refractivity contribution in [2.45, 2.75) is 183 Å². The van der Waals surface area contributed by atoms with Crippen LogP contribution in [-0.2, 0) is 47.7 Å². The number of ether oxygens (including phenoxy) is 4. The van der Waals surface area contributed by atoms with E-state index in [0.717, 1.165) is 68.9 Å². The van der Waals surface area contributed by atoms with E-state index in [1.54, 1.807) is 0 Å². The number of aliphatic carboxylic acids is 2. The average molecular weight is 837 g/mol. The third-order valence-corrected chi connectivity index (χ3v) is 13.7. The Morgan fingerprint density at radius 3 is 1.68 bits per heavy atom. The van der Waals surface area contributed by atoms with Crippen molar-refractivity contribution in [3.8, 4) is 0 Å². The van der Waals surface area contributed by atoms with Crippen LogP contribution in [0.25, 0.3) is 0 Å². The summed E-state index contributed by atoms with van der Waals surface area (Å²) in [4.78, 5) is 73.7. The Balaban J connectivity index is 1.23. The third kappa shape index (κ3) is 11.3. The fourth-order valence-electron chi connectivity index (χ4n) is 10.1. The lowest BCUT2D eigenvalue weighted by Gasteiger charge is -2.38. The van der Waals surface area contributed by atoms with Crippen molar-refractivity contribution in [2.75, 3.05) is 6.54 Å². The number of carbonyl (C=O) groups excluding carboxylic acids is 4. The summed E-state index contributed by atoms with van der Waals surface area (Å²) in [5.74, 6) is -3.81. The number of amides is 2. The fraction of sp³-hybridized carbons (Fsp3) is 0.696. The van der Waals surface area contributed by atoms with E-state index in [1.807, 2.05) is 0 Å². The van der Waals surface area contributed by atoms with Gasteiger partial charge in [0.05, 0.1) is 24.0 Å². The van der Waals surface area contributed by atoms with E-state index in [2.05, 4.69) is 49.8 Å². The number of unbranched alkanes of at least 4 members (excludes halogenated alkanes) is 4. The molecule has 0 aromatic rings. The molecule has 2 aliphatic carbocycles.